The van der Waals surface area contributed by atoms with Crippen molar-refractivity contribution in [2.75, 3.05) is 29.9 Å². The van der Waals surface area contributed by atoms with Gasteiger partial charge < -0.3 is 15.0 Å². The van der Waals surface area contributed by atoms with E-state index in [4.69, 9.17) is 4.74 Å². The largest absolute Gasteiger partial charge is 0.408 e. The number of hydrogen-bond donors (Lipinski definition) is 1. The molecule has 1 aromatic carbocycles. The Bertz CT molecular complexity index is 1360. The molecule has 0 spiro atoms. The van der Waals surface area contributed by atoms with Gasteiger partial charge in [-0.05, 0) is 54.4 Å². The van der Waals surface area contributed by atoms with E-state index < -0.39 is 30.1 Å². The Balaban J connectivity index is 0.00000267. The van der Waals surface area contributed by atoms with Gasteiger partial charge in [-0.2, -0.15) is 18.2 Å². The van der Waals surface area contributed by atoms with E-state index in [-0.39, 0.29) is 43.8 Å². The topological polar surface area (TPSA) is 102 Å². The van der Waals surface area contributed by atoms with Gasteiger partial charge in [0.05, 0.1) is 24.0 Å². The lowest BCUT2D eigenvalue weighted by atomic mass is 10.1. The number of nitrogens with zero attached hydrogens (tertiary/aromatic N) is 5. The molecular weight excluding hydrogens is 497 g/mol. The summed E-state index contributed by atoms with van der Waals surface area (Å²) in [6, 6.07) is 4.06. The summed E-state index contributed by atoms with van der Waals surface area (Å²) in [6.07, 6.45) is -3.85. The zero-order valence-corrected chi connectivity index (χ0v) is 19.2. The van der Waals surface area contributed by atoms with Crippen molar-refractivity contribution < 1.29 is 22.7 Å². The molecule has 9 nitrogen and oxygen atoms in total. The first-order valence-corrected chi connectivity index (χ1v) is 12.1. The SMILES string of the molecule is C.O=C(CN1c2nc(NC[C@H]3OCC4CC43)cc(=O)n2CC[C@H]1C(F)(F)F)c1ccc2snnc2c1. The molecule has 3 aliphatic rings. The summed E-state index contributed by atoms with van der Waals surface area (Å²) in [5.41, 5.74) is 0.250. The summed E-state index contributed by atoms with van der Waals surface area (Å²) in [7, 11) is 0. The van der Waals surface area contributed by atoms with Crippen molar-refractivity contribution in [2.45, 2.75) is 45.1 Å². The highest BCUT2D eigenvalue weighted by Crippen LogP contribution is 2.48. The number of aromatic nitrogens is 4. The average molecular weight is 523 g/mol. The van der Waals surface area contributed by atoms with Gasteiger partial charge in [-0.1, -0.05) is 11.9 Å². The maximum absolute atomic E-state index is 14.0. The van der Waals surface area contributed by atoms with Crippen molar-refractivity contribution in [2.24, 2.45) is 11.8 Å². The zero-order chi connectivity index (χ0) is 24.3. The number of anilines is 2. The Morgan fingerprint density at radius 3 is 2.83 bits per heavy atom. The van der Waals surface area contributed by atoms with E-state index in [2.05, 4.69) is 19.9 Å². The van der Waals surface area contributed by atoms with Crippen LogP contribution < -0.4 is 15.8 Å². The van der Waals surface area contributed by atoms with Crippen molar-refractivity contribution in [3.8, 4) is 0 Å². The Morgan fingerprint density at radius 1 is 1.28 bits per heavy atom. The molecule has 2 fully saturated rings. The van der Waals surface area contributed by atoms with Crippen LogP contribution >= 0.6 is 11.5 Å². The van der Waals surface area contributed by atoms with Crippen molar-refractivity contribution >= 4 is 39.3 Å². The molecule has 3 aromatic rings. The van der Waals surface area contributed by atoms with E-state index in [1.165, 1.54) is 16.7 Å². The van der Waals surface area contributed by atoms with Crippen LogP contribution in [0.15, 0.2) is 29.1 Å². The van der Waals surface area contributed by atoms with Gasteiger partial charge in [0.2, 0.25) is 5.95 Å². The molecule has 0 amide bonds. The molecule has 13 heteroatoms. The van der Waals surface area contributed by atoms with E-state index in [0.29, 0.717) is 30.5 Å². The van der Waals surface area contributed by atoms with Crippen LogP contribution in [-0.2, 0) is 11.3 Å². The number of Topliss-reactive ketones (excluding diaryl/α,β-unsaturated/α-hetero) is 1. The number of carbonyl (C=O) groups excluding carboxylic acids is 1. The Labute approximate surface area is 208 Å². The third-order valence-corrected chi connectivity index (χ3v) is 7.68. The number of rotatable bonds is 6. The normalized spacial score (nSPS) is 24.7. The van der Waals surface area contributed by atoms with E-state index in [1.807, 2.05) is 0 Å². The molecule has 1 aliphatic carbocycles. The summed E-state index contributed by atoms with van der Waals surface area (Å²) >= 11 is 1.16. The molecule has 1 N–H and O–H groups in total. The Kier molecular flexibility index (Phi) is 6.23. The third-order valence-electron chi connectivity index (χ3n) is 6.97. The number of ketones is 1. The monoisotopic (exact) mass is 522 g/mol. The lowest BCUT2D eigenvalue weighted by Crippen LogP contribution is -2.54. The molecule has 4 atom stereocenters. The van der Waals surface area contributed by atoms with Gasteiger partial charge in [0.15, 0.2) is 5.78 Å². The Morgan fingerprint density at radius 2 is 2.11 bits per heavy atom. The summed E-state index contributed by atoms with van der Waals surface area (Å²) in [5.74, 6) is 0.529. The number of alkyl halides is 3. The molecule has 192 valence electrons. The molecule has 1 saturated heterocycles. The first-order chi connectivity index (χ1) is 16.8. The van der Waals surface area contributed by atoms with E-state index >= 15 is 0 Å². The highest BCUT2D eigenvalue weighted by atomic mass is 32.1. The van der Waals surface area contributed by atoms with Gasteiger partial charge in [-0.3, -0.25) is 14.2 Å². The summed E-state index contributed by atoms with van der Waals surface area (Å²) in [5, 5.41) is 6.98. The Hall–Kier alpha value is -3.06. The standard InChI is InChI=1S/C22H21F3N6O3S.CH4/c23-22(24,25)18-3-4-30-20(33)7-19(26-8-16-13-5-12(13)10-34-16)27-21(30)31(18)9-15(32)11-1-2-17-14(6-11)28-29-35-17;/h1-2,6-7,12-13,16,18,26H,3-5,8-10H2;1H4/t12?,13?,16-,18+;/m1./s1. The van der Waals surface area contributed by atoms with Gasteiger partial charge >= 0.3 is 6.18 Å². The van der Waals surface area contributed by atoms with Crippen LogP contribution in [0, 0.1) is 11.8 Å². The second-order valence-electron chi connectivity index (χ2n) is 9.20. The quantitative estimate of drug-likeness (QED) is 0.492. The number of ether oxygens (including phenoxy) is 1. The maximum atomic E-state index is 14.0. The van der Waals surface area contributed by atoms with E-state index in [0.717, 1.165) is 27.6 Å². The predicted molar refractivity (Wildman–Crippen MR) is 129 cm³/mol. The minimum absolute atomic E-state index is 0. The molecule has 2 aromatic heterocycles. The smallest absolute Gasteiger partial charge is 0.376 e. The molecule has 36 heavy (non-hydrogen) atoms. The molecule has 4 heterocycles. The second kappa shape index (κ2) is 9.11. The lowest BCUT2D eigenvalue weighted by molar-refractivity contribution is -0.152. The van der Waals surface area contributed by atoms with Gasteiger partial charge in [-0.25, -0.2) is 0 Å². The minimum atomic E-state index is -4.60. The van der Waals surface area contributed by atoms with Crippen LogP contribution in [0.4, 0.5) is 24.9 Å². The van der Waals surface area contributed by atoms with Crippen molar-refractivity contribution in [3.63, 3.8) is 0 Å². The summed E-state index contributed by atoms with van der Waals surface area (Å²) in [4.78, 5) is 31.1. The zero-order valence-electron chi connectivity index (χ0n) is 18.4. The molecule has 6 rings (SSSR count). The minimum Gasteiger partial charge on any atom is -0.376 e. The van der Waals surface area contributed by atoms with Crippen LogP contribution in [0.1, 0.15) is 30.6 Å². The average Bonchev–Trinajstić information content (AvgIpc) is 3.25. The summed E-state index contributed by atoms with van der Waals surface area (Å²) in [6.45, 7) is 0.407. The number of hydrogen-bond acceptors (Lipinski definition) is 9. The van der Waals surface area contributed by atoms with Crippen LogP contribution in [0.3, 0.4) is 0 Å². The molecule has 0 radical (unpaired) electrons. The number of halogens is 3. The number of carbonyl (C=O) groups is 1. The van der Waals surface area contributed by atoms with Crippen LogP contribution in [0.5, 0.6) is 0 Å². The number of fused-ring (bicyclic) bond motifs is 3. The fourth-order valence-corrected chi connectivity index (χ4v) is 5.53. The third kappa shape index (κ3) is 4.45. The lowest BCUT2D eigenvalue weighted by Gasteiger charge is -2.38. The first-order valence-electron chi connectivity index (χ1n) is 11.3. The van der Waals surface area contributed by atoms with Crippen LogP contribution in [0.25, 0.3) is 10.2 Å². The molecular formula is C23H25F3N6O3S. The van der Waals surface area contributed by atoms with Crippen LogP contribution in [0.2, 0.25) is 0 Å². The first kappa shape index (κ1) is 24.6. The van der Waals surface area contributed by atoms with Crippen LogP contribution in [-0.4, -0.2) is 62.9 Å². The highest BCUT2D eigenvalue weighted by Gasteiger charge is 2.49. The van der Waals surface area contributed by atoms with E-state index in [1.54, 1.807) is 12.1 Å². The molecule has 1 saturated carbocycles. The van der Waals surface area contributed by atoms with E-state index in [9.17, 15) is 22.8 Å². The maximum Gasteiger partial charge on any atom is 0.408 e. The predicted octanol–water partition coefficient (Wildman–Crippen LogP) is 3.35. The van der Waals surface area contributed by atoms with Gasteiger partial charge in [0, 0.05) is 24.7 Å². The molecule has 2 aliphatic heterocycles. The highest BCUT2D eigenvalue weighted by molar-refractivity contribution is 7.12. The fourth-order valence-electron chi connectivity index (χ4n) is 4.99. The molecule has 0 bridgehead atoms. The van der Waals surface area contributed by atoms with Gasteiger partial charge in [-0.15, -0.1) is 5.10 Å². The van der Waals surface area contributed by atoms with Gasteiger partial charge in [0.25, 0.3) is 5.56 Å². The molecule has 2 unspecified atom stereocenters. The second-order valence-corrected chi connectivity index (χ2v) is 9.98. The van der Waals surface area contributed by atoms with Crippen molar-refractivity contribution in [1.82, 2.24) is 19.1 Å². The van der Waals surface area contributed by atoms with Crippen molar-refractivity contribution in [1.29, 1.82) is 0 Å². The number of benzene rings is 1. The summed E-state index contributed by atoms with van der Waals surface area (Å²) < 4.78 is 53.5. The number of nitrogens with one attached hydrogen (secondary N) is 1. The van der Waals surface area contributed by atoms with Gasteiger partial charge in [0.1, 0.15) is 17.4 Å². The van der Waals surface area contributed by atoms with Crippen molar-refractivity contribution in [3.05, 3.63) is 40.2 Å². The fraction of sp³-hybridized carbons (Fsp3) is 0.522.